The molecule has 1 aromatic heterocycles. The third-order valence-electron chi connectivity index (χ3n) is 3.47. The first kappa shape index (κ1) is 14.6. The third kappa shape index (κ3) is 4.11. The fraction of sp³-hybridized carbons (Fsp3) is 0.600. The minimum absolute atomic E-state index is 0.00199. The van der Waals surface area contributed by atoms with Crippen molar-refractivity contribution in [1.29, 1.82) is 0 Å². The van der Waals surface area contributed by atoms with E-state index in [2.05, 4.69) is 0 Å². The van der Waals surface area contributed by atoms with Crippen LogP contribution >= 0.6 is 0 Å². The summed E-state index contributed by atoms with van der Waals surface area (Å²) < 4.78 is 5.30. The van der Waals surface area contributed by atoms with Gasteiger partial charge in [0.1, 0.15) is 5.76 Å². The second-order valence-corrected chi connectivity index (χ2v) is 6.24. The number of aliphatic carboxylic acids is 1. The highest BCUT2D eigenvalue weighted by Crippen LogP contribution is 2.32. The van der Waals surface area contributed by atoms with E-state index < -0.39 is 11.4 Å². The van der Waals surface area contributed by atoms with E-state index in [1.165, 1.54) is 0 Å². The van der Waals surface area contributed by atoms with Crippen molar-refractivity contribution < 1.29 is 19.1 Å². The zero-order valence-corrected chi connectivity index (χ0v) is 12.0. The molecule has 0 bridgehead atoms. The highest BCUT2D eigenvalue weighted by atomic mass is 16.4. The molecule has 20 heavy (non-hydrogen) atoms. The summed E-state index contributed by atoms with van der Waals surface area (Å²) in [5, 5.41) is 8.89. The number of amides is 1. The van der Waals surface area contributed by atoms with Crippen LogP contribution in [0.1, 0.15) is 45.3 Å². The lowest BCUT2D eigenvalue weighted by molar-refractivity contribution is -0.141. The van der Waals surface area contributed by atoms with Gasteiger partial charge in [-0.15, -0.1) is 0 Å². The van der Waals surface area contributed by atoms with Gasteiger partial charge in [-0.3, -0.25) is 9.59 Å². The Morgan fingerprint density at radius 2 is 2.10 bits per heavy atom. The molecule has 1 amide bonds. The summed E-state index contributed by atoms with van der Waals surface area (Å²) in [5.74, 6) is -0.0942. The lowest BCUT2D eigenvalue weighted by Crippen LogP contribution is -2.36. The summed E-state index contributed by atoms with van der Waals surface area (Å²) in [7, 11) is 0. The lowest BCUT2D eigenvalue weighted by atomic mass is 9.85. The zero-order chi connectivity index (χ0) is 14.8. The minimum Gasteiger partial charge on any atom is -0.481 e. The van der Waals surface area contributed by atoms with Crippen LogP contribution in [0.15, 0.2) is 22.8 Å². The molecular weight excluding hydrogens is 258 g/mol. The summed E-state index contributed by atoms with van der Waals surface area (Å²) in [6.07, 6.45) is 3.88. The van der Waals surface area contributed by atoms with Crippen LogP contribution in [-0.4, -0.2) is 27.9 Å². The maximum atomic E-state index is 12.4. The van der Waals surface area contributed by atoms with Gasteiger partial charge in [-0.2, -0.15) is 0 Å². The topological polar surface area (TPSA) is 70.8 Å². The largest absolute Gasteiger partial charge is 0.481 e. The average Bonchev–Trinajstić information content (AvgIpc) is 3.00. The van der Waals surface area contributed by atoms with Gasteiger partial charge in [0.25, 0.3) is 0 Å². The highest BCUT2D eigenvalue weighted by molar-refractivity contribution is 5.78. The van der Waals surface area contributed by atoms with Crippen LogP contribution < -0.4 is 0 Å². The van der Waals surface area contributed by atoms with E-state index in [-0.39, 0.29) is 24.8 Å². The molecule has 1 aliphatic rings. The Labute approximate surface area is 118 Å². The van der Waals surface area contributed by atoms with Gasteiger partial charge in [0.15, 0.2) is 0 Å². The molecule has 0 saturated heterocycles. The molecule has 1 aliphatic carbocycles. The minimum atomic E-state index is -0.869. The fourth-order valence-corrected chi connectivity index (χ4v) is 2.36. The average molecular weight is 279 g/mol. The van der Waals surface area contributed by atoms with Crippen molar-refractivity contribution in [1.82, 2.24) is 4.90 Å². The van der Waals surface area contributed by atoms with E-state index in [1.54, 1.807) is 12.3 Å². The van der Waals surface area contributed by atoms with Crippen LogP contribution in [0.25, 0.3) is 0 Å². The van der Waals surface area contributed by atoms with Crippen LogP contribution in [0.2, 0.25) is 0 Å². The molecule has 0 atom stereocenters. The summed E-state index contributed by atoms with van der Waals surface area (Å²) in [4.78, 5) is 25.1. The van der Waals surface area contributed by atoms with E-state index in [1.807, 2.05) is 24.8 Å². The molecule has 0 radical (unpaired) electrons. The number of hydrogen-bond acceptors (Lipinski definition) is 3. The van der Waals surface area contributed by atoms with Gasteiger partial charge in [0.05, 0.1) is 19.2 Å². The first-order valence-corrected chi connectivity index (χ1v) is 6.91. The van der Waals surface area contributed by atoms with Crippen molar-refractivity contribution in [3.05, 3.63) is 24.2 Å². The van der Waals surface area contributed by atoms with Gasteiger partial charge in [0.2, 0.25) is 5.91 Å². The second-order valence-electron chi connectivity index (χ2n) is 6.24. The maximum absolute atomic E-state index is 12.4. The Kier molecular flexibility index (Phi) is 4.16. The molecule has 1 N–H and O–H groups in total. The molecule has 0 aromatic carbocycles. The molecule has 0 aliphatic heterocycles. The van der Waals surface area contributed by atoms with Crippen molar-refractivity contribution in [3.63, 3.8) is 0 Å². The van der Waals surface area contributed by atoms with Gasteiger partial charge >= 0.3 is 5.97 Å². The molecule has 0 spiro atoms. The summed E-state index contributed by atoms with van der Waals surface area (Å²) in [5.41, 5.74) is -0.529. The van der Waals surface area contributed by atoms with Crippen LogP contribution in [-0.2, 0) is 16.1 Å². The van der Waals surface area contributed by atoms with Crippen molar-refractivity contribution in [2.45, 2.75) is 52.1 Å². The molecular formula is C15H21NO4. The molecule has 1 saturated carbocycles. The SMILES string of the molecule is CC(C)(CC(=O)O)CC(=O)N(Cc1ccco1)C1CC1. The normalized spacial score (nSPS) is 15.1. The Bertz CT molecular complexity index is 474. The number of carboxylic acids is 1. The lowest BCUT2D eigenvalue weighted by Gasteiger charge is -2.27. The third-order valence-corrected chi connectivity index (χ3v) is 3.47. The van der Waals surface area contributed by atoms with E-state index in [4.69, 9.17) is 9.52 Å². The first-order chi connectivity index (χ1) is 9.37. The van der Waals surface area contributed by atoms with Gasteiger partial charge in [-0.25, -0.2) is 0 Å². The zero-order valence-electron chi connectivity index (χ0n) is 12.0. The molecule has 5 nitrogen and oxygen atoms in total. The summed E-state index contributed by atoms with van der Waals surface area (Å²) in [6, 6.07) is 3.94. The van der Waals surface area contributed by atoms with Gasteiger partial charge in [0, 0.05) is 12.5 Å². The standard InChI is InChI=1S/C15H21NO4/c1-15(2,9-14(18)19)8-13(17)16(11-5-6-11)10-12-4-3-7-20-12/h3-4,7,11H,5-6,8-10H2,1-2H3,(H,18,19). The maximum Gasteiger partial charge on any atom is 0.303 e. The summed E-state index contributed by atoms with van der Waals surface area (Å²) >= 11 is 0. The number of furan rings is 1. The number of rotatable bonds is 7. The smallest absolute Gasteiger partial charge is 0.303 e. The molecule has 2 rings (SSSR count). The Balaban J connectivity index is 1.98. The van der Waals surface area contributed by atoms with Crippen LogP contribution in [0.5, 0.6) is 0 Å². The first-order valence-electron chi connectivity index (χ1n) is 6.91. The Morgan fingerprint density at radius 1 is 1.40 bits per heavy atom. The molecule has 5 heteroatoms. The number of hydrogen-bond donors (Lipinski definition) is 1. The van der Waals surface area contributed by atoms with Gasteiger partial charge in [-0.05, 0) is 30.4 Å². The highest BCUT2D eigenvalue weighted by Gasteiger charge is 2.35. The van der Waals surface area contributed by atoms with Crippen LogP contribution in [0, 0.1) is 5.41 Å². The number of nitrogens with zero attached hydrogens (tertiary/aromatic N) is 1. The van der Waals surface area contributed by atoms with E-state index in [0.29, 0.717) is 6.54 Å². The molecule has 1 heterocycles. The summed E-state index contributed by atoms with van der Waals surface area (Å²) in [6.45, 7) is 4.10. The Morgan fingerprint density at radius 3 is 2.60 bits per heavy atom. The van der Waals surface area contributed by atoms with Crippen LogP contribution in [0.3, 0.4) is 0 Å². The molecule has 1 fully saturated rings. The predicted octanol–water partition coefficient (Wildman–Crippen LogP) is 2.66. The number of carbonyl (C=O) groups is 2. The molecule has 0 unspecified atom stereocenters. The van der Waals surface area contributed by atoms with Crippen molar-refractivity contribution in [2.24, 2.45) is 5.41 Å². The fourth-order valence-electron chi connectivity index (χ4n) is 2.36. The number of carboxylic acid groups (broad SMARTS) is 1. The molecule has 110 valence electrons. The Hall–Kier alpha value is -1.78. The van der Waals surface area contributed by atoms with Crippen molar-refractivity contribution in [3.8, 4) is 0 Å². The number of carbonyl (C=O) groups excluding carboxylic acids is 1. The van der Waals surface area contributed by atoms with E-state index in [9.17, 15) is 9.59 Å². The van der Waals surface area contributed by atoms with Gasteiger partial charge in [-0.1, -0.05) is 13.8 Å². The van der Waals surface area contributed by atoms with Gasteiger partial charge < -0.3 is 14.4 Å². The predicted molar refractivity (Wildman–Crippen MR) is 72.9 cm³/mol. The van der Waals surface area contributed by atoms with E-state index >= 15 is 0 Å². The quantitative estimate of drug-likeness (QED) is 0.833. The van der Waals surface area contributed by atoms with Crippen molar-refractivity contribution in [2.75, 3.05) is 0 Å². The second kappa shape index (κ2) is 5.69. The van der Waals surface area contributed by atoms with Crippen LogP contribution in [0.4, 0.5) is 0 Å². The van der Waals surface area contributed by atoms with Crippen molar-refractivity contribution >= 4 is 11.9 Å². The molecule has 1 aromatic rings. The monoisotopic (exact) mass is 279 g/mol. The van der Waals surface area contributed by atoms with E-state index in [0.717, 1.165) is 18.6 Å².